The molecule has 4 heteroatoms. The second-order valence-corrected chi connectivity index (χ2v) is 4.00. The molecule has 0 aromatic heterocycles. The number of hydrogen-bond acceptors (Lipinski definition) is 3. The molecular weight excluding hydrogens is 223 g/mol. The van der Waals surface area contributed by atoms with Gasteiger partial charge in [0.05, 0.1) is 13.0 Å². The molecule has 1 unspecified atom stereocenters. The number of carbonyl (C=O) groups is 1. The van der Waals surface area contributed by atoms with Crippen molar-refractivity contribution in [3.8, 4) is 5.75 Å². The first-order valence-corrected chi connectivity index (χ1v) is 5.60. The summed E-state index contributed by atoms with van der Waals surface area (Å²) in [4.78, 5) is 14.2. The van der Waals surface area contributed by atoms with Crippen molar-refractivity contribution in [1.29, 1.82) is 0 Å². The molecule has 0 aliphatic heterocycles. The largest absolute Gasteiger partial charge is 0.496 e. The normalized spacial score (nSPS) is 12.0. The second-order valence-electron chi connectivity index (χ2n) is 4.00. The third-order valence-corrected chi connectivity index (χ3v) is 2.75. The zero-order valence-corrected chi connectivity index (χ0v) is 10.3. The SMILES string of the molecule is CCc1cc(CC(C)C(=O)OF)ccc1OC. The van der Waals surface area contributed by atoms with Crippen molar-refractivity contribution in [2.75, 3.05) is 7.11 Å². The van der Waals surface area contributed by atoms with Crippen molar-refractivity contribution >= 4 is 5.97 Å². The van der Waals surface area contributed by atoms with Crippen LogP contribution < -0.4 is 4.74 Å². The summed E-state index contributed by atoms with van der Waals surface area (Å²) in [6, 6.07) is 5.71. The Labute approximate surface area is 100 Å². The van der Waals surface area contributed by atoms with Crippen LogP contribution in [-0.2, 0) is 22.6 Å². The predicted octanol–water partition coefficient (Wildman–Crippen LogP) is 2.86. The van der Waals surface area contributed by atoms with Gasteiger partial charge in [-0.3, -0.25) is 4.94 Å². The number of hydrogen-bond donors (Lipinski definition) is 0. The monoisotopic (exact) mass is 240 g/mol. The van der Waals surface area contributed by atoms with E-state index in [4.69, 9.17) is 4.74 Å². The summed E-state index contributed by atoms with van der Waals surface area (Å²) in [6.45, 7) is 3.67. The Balaban J connectivity index is 2.82. The minimum Gasteiger partial charge on any atom is -0.496 e. The minimum atomic E-state index is -0.834. The highest BCUT2D eigenvalue weighted by Crippen LogP contribution is 2.22. The maximum atomic E-state index is 11.7. The van der Waals surface area contributed by atoms with Crippen molar-refractivity contribution in [3.05, 3.63) is 29.3 Å². The van der Waals surface area contributed by atoms with Gasteiger partial charge in [-0.15, -0.1) is 0 Å². The van der Waals surface area contributed by atoms with Crippen LogP contribution in [0.15, 0.2) is 18.2 Å². The smallest absolute Gasteiger partial charge is 0.351 e. The fourth-order valence-corrected chi connectivity index (χ4v) is 1.75. The molecule has 0 saturated heterocycles. The van der Waals surface area contributed by atoms with E-state index in [-0.39, 0.29) is 0 Å². The average molecular weight is 240 g/mol. The molecule has 0 aliphatic carbocycles. The molecule has 0 N–H and O–H groups in total. The second kappa shape index (κ2) is 6.23. The van der Waals surface area contributed by atoms with Crippen molar-refractivity contribution in [2.45, 2.75) is 26.7 Å². The minimum absolute atomic E-state index is 0.458. The molecule has 94 valence electrons. The summed E-state index contributed by atoms with van der Waals surface area (Å²) in [6.07, 6.45) is 1.30. The van der Waals surface area contributed by atoms with Gasteiger partial charge in [0.1, 0.15) is 5.75 Å². The fourth-order valence-electron chi connectivity index (χ4n) is 1.75. The van der Waals surface area contributed by atoms with E-state index in [2.05, 4.69) is 4.94 Å². The molecule has 0 spiro atoms. The summed E-state index contributed by atoms with van der Waals surface area (Å²) >= 11 is 0. The van der Waals surface area contributed by atoms with Gasteiger partial charge < -0.3 is 4.74 Å². The van der Waals surface area contributed by atoms with Gasteiger partial charge in [0.25, 0.3) is 0 Å². The predicted molar refractivity (Wildman–Crippen MR) is 62.4 cm³/mol. The molecule has 0 heterocycles. The zero-order valence-electron chi connectivity index (χ0n) is 10.3. The van der Waals surface area contributed by atoms with Crippen LogP contribution in [0.25, 0.3) is 0 Å². The number of ether oxygens (including phenoxy) is 1. The van der Waals surface area contributed by atoms with Gasteiger partial charge in [0.2, 0.25) is 0 Å². The molecule has 1 atom stereocenters. The zero-order chi connectivity index (χ0) is 12.8. The van der Waals surface area contributed by atoms with Crippen molar-refractivity contribution < 1.29 is 19.0 Å². The van der Waals surface area contributed by atoms with E-state index in [1.54, 1.807) is 14.0 Å². The summed E-state index contributed by atoms with van der Waals surface area (Å²) in [5.74, 6) is -0.492. The van der Waals surface area contributed by atoms with Crippen LogP contribution in [0.3, 0.4) is 0 Å². The first-order chi connectivity index (χ1) is 8.12. The van der Waals surface area contributed by atoms with Crippen LogP contribution in [0.1, 0.15) is 25.0 Å². The summed E-state index contributed by atoms with van der Waals surface area (Å²) < 4.78 is 16.9. The summed E-state index contributed by atoms with van der Waals surface area (Å²) in [5, 5.41) is 0. The number of rotatable bonds is 5. The summed E-state index contributed by atoms with van der Waals surface area (Å²) in [7, 11) is 1.62. The molecular formula is C13H17FO3. The molecule has 0 saturated carbocycles. The Kier molecular flexibility index (Phi) is 4.94. The van der Waals surface area contributed by atoms with Gasteiger partial charge in [-0.1, -0.05) is 26.0 Å². The molecule has 1 aromatic rings. The number of methoxy groups -OCH3 is 1. The Hall–Kier alpha value is -1.58. The molecule has 0 bridgehead atoms. The van der Waals surface area contributed by atoms with E-state index >= 15 is 0 Å². The molecule has 0 aliphatic rings. The lowest BCUT2D eigenvalue weighted by atomic mass is 9.98. The highest BCUT2D eigenvalue weighted by molar-refractivity contribution is 5.71. The average Bonchev–Trinajstić information content (AvgIpc) is 2.37. The molecule has 17 heavy (non-hydrogen) atoms. The quantitative estimate of drug-likeness (QED) is 0.793. The first kappa shape index (κ1) is 13.5. The van der Waals surface area contributed by atoms with Gasteiger partial charge in [-0.05, 0) is 30.0 Å². The fraction of sp³-hybridized carbons (Fsp3) is 0.462. The lowest BCUT2D eigenvalue weighted by molar-refractivity contribution is -0.188. The highest BCUT2D eigenvalue weighted by Gasteiger charge is 2.16. The van der Waals surface area contributed by atoms with Crippen molar-refractivity contribution in [3.63, 3.8) is 0 Å². The number of aryl methyl sites for hydroxylation is 1. The van der Waals surface area contributed by atoms with Crippen LogP contribution in [-0.4, -0.2) is 13.1 Å². The maximum absolute atomic E-state index is 11.7. The van der Waals surface area contributed by atoms with Gasteiger partial charge in [-0.2, -0.15) is 0 Å². The van der Waals surface area contributed by atoms with Crippen LogP contribution >= 0.6 is 0 Å². The highest BCUT2D eigenvalue weighted by atomic mass is 19.3. The van der Waals surface area contributed by atoms with E-state index in [0.29, 0.717) is 6.42 Å². The Morgan fingerprint density at radius 2 is 2.18 bits per heavy atom. The van der Waals surface area contributed by atoms with E-state index < -0.39 is 11.9 Å². The molecule has 0 radical (unpaired) electrons. The molecule has 0 amide bonds. The van der Waals surface area contributed by atoms with E-state index in [9.17, 15) is 9.32 Å². The van der Waals surface area contributed by atoms with E-state index in [0.717, 1.165) is 23.3 Å². The Morgan fingerprint density at radius 1 is 1.47 bits per heavy atom. The van der Waals surface area contributed by atoms with Crippen molar-refractivity contribution in [1.82, 2.24) is 0 Å². The molecule has 1 aromatic carbocycles. The van der Waals surface area contributed by atoms with Gasteiger partial charge in [0.15, 0.2) is 0 Å². The maximum Gasteiger partial charge on any atom is 0.351 e. The lowest BCUT2D eigenvalue weighted by Gasteiger charge is -2.11. The number of halogens is 1. The third kappa shape index (κ3) is 3.44. The van der Waals surface area contributed by atoms with E-state index in [1.807, 2.05) is 25.1 Å². The first-order valence-electron chi connectivity index (χ1n) is 5.60. The van der Waals surface area contributed by atoms with Crippen LogP contribution in [0.4, 0.5) is 4.53 Å². The third-order valence-electron chi connectivity index (χ3n) is 2.75. The van der Waals surface area contributed by atoms with E-state index in [1.165, 1.54) is 0 Å². The lowest BCUT2D eigenvalue weighted by Crippen LogP contribution is -2.13. The van der Waals surface area contributed by atoms with Crippen LogP contribution in [0.2, 0.25) is 0 Å². The molecule has 1 rings (SSSR count). The Morgan fingerprint density at radius 3 is 2.71 bits per heavy atom. The summed E-state index contributed by atoms with van der Waals surface area (Å²) in [5.41, 5.74) is 2.05. The van der Waals surface area contributed by atoms with Crippen molar-refractivity contribution in [2.24, 2.45) is 5.92 Å². The van der Waals surface area contributed by atoms with Gasteiger partial charge in [0, 0.05) is 4.53 Å². The van der Waals surface area contributed by atoms with Gasteiger partial charge >= 0.3 is 5.97 Å². The van der Waals surface area contributed by atoms with Crippen LogP contribution in [0, 0.1) is 5.92 Å². The topological polar surface area (TPSA) is 35.5 Å². The molecule has 0 fully saturated rings. The standard InChI is InChI=1S/C13H17FO3/c1-4-11-8-10(5-6-12(11)16-3)7-9(2)13(15)17-14/h5-6,8-9H,4,7H2,1-3H3. The number of carbonyl (C=O) groups excluding carboxylic acids is 1. The Bertz CT molecular complexity index is 390. The van der Waals surface area contributed by atoms with Crippen LogP contribution in [0.5, 0.6) is 5.75 Å². The number of benzene rings is 1. The van der Waals surface area contributed by atoms with Gasteiger partial charge in [-0.25, -0.2) is 4.79 Å². The molecule has 3 nitrogen and oxygen atoms in total.